The third kappa shape index (κ3) is 7.94. The lowest BCUT2D eigenvalue weighted by Crippen LogP contribution is -2.45. The first-order valence-electron chi connectivity index (χ1n) is 13.0. The Morgan fingerprint density at radius 2 is 1.23 bits per heavy atom. The number of hydrogen-bond donors (Lipinski definition) is 1. The van der Waals surface area contributed by atoms with Gasteiger partial charge in [-0.05, 0) is 34.4 Å². The Bertz CT molecular complexity index is 1360. The lowest BCUT2D eigenvalue weighted by atomic mass is 10.0. The normalized spacial score (nSPS) is 12.2. The van der Waals surface area contributed by atoms with Crippen molar-refractivity contribution >= 4 is 11.9 Å². The first-order chi connectivity index (χ1) is 19.6. The van der Waals surface area contributed by atoms with E-state index in [1.54, 1.807) is 12.1 Å². The van der Waals surface area contributed by atoms with Crippen LogP contribution >= 0.6 is 0 Å². The summed E-state index contributed by atoms with van der Waals surface area (Å²) in [6.07, 6.45) is -0.684. The van der Waals surface area contributed by atoms with Gasteiger partial charge in [0, 0.05) is 13.5 Å². The SMILES string of the molecule is COC(=O)[C@H](Cc1ccc(OCc2ccccc2)c(OCc2ccccc2)c1)NC(=O)[C@H](OC)c1ccccc1. The van der Waals surface area contributed by atoms with Gasteiger partial charge in [-0.15, -0.1) is 0 Å². The van der Waals surface area contributed by atoms with Gasteiger partial charge < -0.3 is 24.3 Å². The van der Waals surface area contributed by atoms with Crippen molar-refractivity contribution < 1.29 is 28.5 Å². The van der Waals surface area contributed by atoms with Crippen molar-refractivity contribution in [1.82, 2.24) is 5.32 Å². The Labute approximate surface area is 234 Å². The van der Waals surface area contributed by atoms with Crippen LogP contribution in [0.1, 0.15) is 28.4 Å². The highest BCUT2D eigenvalue weighted by atomic mass is 16.5. The minimum absolute atomic E-state index is 0.185. The van der Waals surface area contributed by atoms with Crippen molar-refractivity contribution in [2.45, 2.75) is 31.8 Å². The van der Waals surface area contributed by atoms with Crippen LogP contribution in [0, 0.1) is 0 Å². The summed E-state index contributed by atoms with van der Waals surface area (Å²) in [7, 11) is 2.75. The van der Waals surface area contributed by atoms with Crippen LogP contribution in [0.15, 0.2) is 109 Å². The van der Waals surface area contributed by atoms with E-state index < -0.39 is 24.0 Å². The predicted octanol–water partition coefficient (Wildman–Crippen LogP) is 5.43. The summed E-state index contributed by atoms with van der Waals surface area (Å²) in [6.45, 7) is 0.719. The van der Waals surface area contributed by atoms with Crippen molar-refractivity contribution in [1.29, 1.82) is 0 Å². The fourth-order valence-corrected chi connectivity index (χ4v) is 4.22. The van der Waals surface area contributed by atoms with Crippen molar-refractivity contribution in [3.05, 3.63) is 131 Å². The van der Waals surface area contributed by atoms with Crippen LogP contribution < -0.4 is 14.8 Å². The lowest BCUT2D eigenvalue weighted by molar-refractivity contribution is -0.146. The molecule has 4 rings (SSSR count). The summed E-state index contributed by atoms with van der Waals surface area (Å²) in [5.74, 6) is 0.108. The number of rotatable bonds is 13. The molecule has 0 aliphatic carbocycles. The molecule has 0 heterocycles. The van der Waals surface area contributed by atoms with Gasteiger partial charge >= 0.3 is 5.97 Å². The molecule has 40 heavy (non-hydrogen) atoms. The molecule has 1 N–H and O–H groups in total. The highest BCUT2D eigenvalue weighted by molar-refractivity contribution is 5.88. The van der Waals surface area contributed by atoms with Crippen molar-refractivity contribution in [3.8, 4) is 11.5 Å². The highest BCUT2D eigenvalue weighted by Crippen LogP contribution is 2.31. The smallest absolute Gasteiger partial charge is 0.328 e. The van der Waals surface area contributed by atoms with Gasteiger partial charge in [0.05, 0.1) is 7.11 Å². The van der Waals surface area contributed by atoms with Gasteiger partial charge in [0.1, 0.15) is 19.3 Å². The number of hydrogen-bond acceptors (Lipinski definition) is 6. The maximum absolute atomic E-state index is 13.1. The fraction of sp³-hybridized carbons (Fsp3) is 0.212. The van der Waals surface area contributed by atoms with Crippen LogP contribution in [0.3, 0.4) is 0 Å². The number of carbonyl (C=O) groups excluding carboxylic acids is 2. The molecule has 0 spiro atoms. The lowest BCUT2D eigenvalue weighted by Gasteiger charge is -2.21. The minimum atomic E-state index is -0.933. The monoisotopic (exact) mass is 539 g/mol. The van der Waals surface area contributed by atoms with Gasteiger partial charge in [-0.2, -0.15) is 0 Å². The Kier molecular flexibility index (Phi) is 10.3. The fourth-order valence-electron chi connectivity index (χ4n) is 4.22. The first kappa shape index (κ1) is 28.4. The van der Waals surface area contributed by atoms with Crippen LogP contribution in [0.25, 0.3) is 0 Å². The molecule has 1 amide bonds. The summed E-state index contributed by atoms with van der Waals surface area (Å²) in [6, 6.07) is 33.3. The van der Waals surface area contributed by atoms with E-state index in [-0.39, 0.29) is 6.42 Å². The molecule has 206 valence electrons. The van der Waals surface area contributed by atoms with Gasteiger partial charge in [0.25, 0.3) is 5.91 Å². The minimum Gasteiger partial charge on any atom is -0.485 e. The summed E-state index contributed by atoms with van der Waals surface area (Å²) in [5, 5.41) is 2.79. The Morgan fingerprint density at radius 3 is 1.77 bits per heavy atom. The number of carbonyl (C=O) groups is 2. The van der Waals surface area contributed by atoms with Gasteiger partial charge in [-0.3, -0.25) is 4.79 Å². The van der Waals surface area contributed by atoms with E-state index in [1.165, 1.54) is 14.2 Å². The zero-order valence-electron chi connectivity index (χ0n) is 22.6. The van der Waals surface area contributed by atoms with Gasteiger partial charge in [-0.1, -0.05) is 97.1 Å². The summed E-state index contributed by atoms with van der Waals surface area (Å²) in [5.41, 5.74) is 3.48. The van der Waals surface area contributed by atoms with Crippen molar-refractivity contribution in [2.75, 3.05) is 14.2 Å². The molecule has 4 aromatic rings. The summed E-state index contributed by atoms with van der Waals surface area (Å²) in [4.78, 5) is 25.8. The first-order valence-corrected chi connectivity index (χ1v) is 13.0. The number of amides is 1. The molecule has 0 fully saturated rings. The quantitative estimate of drug-likeness (QED) is 0.228. The molecule has 0 unspecified atom stereocenters. The molecule has 7 nitrogen and oxygen atoms in total. The van der Waals surface area contributed by atoms with E-state index in [0.29, 0.717) is 30.3 Å². The van der Waals surface area contributed by atoms with E-state index >= 15 is 0 Å². The van der Waals surface area contributed by atoms with Gasteiger partial charge in [0.2, 0.25) is 0 Å². The second-order valence-electron chi connectivity index (χ2n) is 9.14. The maximum atomic E-state index is 13.1. The van der Waals surface area contributed by atoms with Crippen molar-refractivity contribution in [3.63, 3.8) is 0 Å². The average molecular weight is 540 g/mol. The van der Waals surface area contributed by atoms with Gasteiger partial charge in [-0.25, -0.2) is 4.79 Å². The third-order valence-electron chi connectivity index (χ3n) is 6.30. The Balaban J connectivity index is 1.53. The zero-order chi connectivity index (χ0) is 28.2. The maximum Gasteiger partial charge on any atom is 0.328 e. The van der Waals surface area contributed by atoms with Crippen LogP contribution in [-0.4, -0.2) is 32.1 Å². The predicted molar refractivity (Wildman–Crippen MR) is 152 cm³/mol. The number of nitrogens with one attached hydrogen (secondary N) is 1. The van der Waals surface area contributed by atoms with E-state index in [0.717, 1.165) is 16.7 Å². The molecule has 0 saturated carbocycles. The number of ether oxygens (including phenoxy) is 4. The molecule has 0 radical (unpaired) electrons. The highest BCUT2D eigenvalue weighted by Gasteiger charge is 2.28. The number of benzene rings is 4. The van der Waals surface area contributed by atoms with E-state index in [1.807, 2.05) is 97.1 Å². The second-order valence-corrected chi connectivity index (χ2v) is 9.14. The van der Waals surface area contributed by atoms with Crippen molar-refractivity contribution in [2.24, 2.45) is 0 Å². The van der Waals surface area contributed by atoms with E-state index in [4.69, 9.17) is 18.9 Å². The average Bonchev–Trinajstić information content (AvgIpc) is 3.00. The molecule has 0 saturated heterocycles. The van der Waals surface area contributed by atoms with Crippen LogP contribution in [-0.2, 0) is 38.7 Å². The molecule has 0 aliphatic heterocycles. The molecule has 0 aromatic heterocycles. The standard InChI is InChI=1S/C33H33NO6/c1-37-31(27-16-10-5-11-17-27)32(35)34-28(33(36)38-2)20-26-18-19-29(39-22-24-12-6-3-7-13-24)30(21-26)40-23-25-14-8-4-9-15-25/h3-19,21,28,31H,20,22-23H2,1-2H3,(H,34,35)/t28-,31+/m0/s1. The summed E-state index contributed by atoms with van der Waals surface area (Å²) >= 11 is 0. The molecule has 4 aromatic carbocycles. The molecular formula is C33H33NO6. The number of esters is 1. The molecule has 0 bridgehead atoms. The second kappa shape index (κ2) is 14.5. The van der Waals surface area contributed by atoms with Crippen LogP contribution in [0.2, 0.25) is 0 Å². The zero-order valence-corrected chi connectivity index (χ0v) is 22.6. The summed E-state index contributed by atoms with van der Waals surface area (Å²) < 4.78 is 22.7. The van der Waals surface area contributed by atoms with Crippen LogP contribution in [0.5, 0.6) is 11.5 Å². The molecule has 2 atom stereocenters. The number of methoxy groups -OCH3 is 2. The molecule has 7 heteroatoms. The largest absolute Gasteiger partial charge is 0.485 e. The Morgan fingerprint density at radius 1 is 0.675 bits per heavy atom. The molecular weight excluding hydrogens is 506 g/mol. The Hall–Kier alpha value is -4.62. The van der Waals surface area contributed by atoms with Crippen LogP contribution in [0.4, 0.5) is 0 Å². The van der Waals surface area contributed by atoms with E-state index in [9.17, 15) is 9.59 Å². The van der Waals surface area contributed by atoms with Gasteiger partial charge in [0.15, 0.2) is 17.6 Å². The molecule has 0 aliphatic rings. The van der Waals surface area contributed by atoms with E-state index in [2.05, 4.69) is 5.32 Å². The third-order valence-corrected chi connectivity index (χ3v) is 6.30. The topological polar surface area (TPSA) is 83.1 Å².